The molecule has 0 aliphatic heterocycles. The Bertz CT molecular complexity index is 487. The lowest BCUT2D eigenvalue weighted by atomic mass is 10.0. The number of aromatic nitrogens is 1. The molecule has 3 nitrogen and oxygen atoms in total. The summed E-state index contributed by atoms with van der Waals surface area (Å²) in [7, 11) is 1.51. The number of methoxy groups -OCH3 is 1. The molecule has 5 heteroatoms. The van der Waals surface area contributed by atoms with Gasteiger partial charge in [-0.3, -0.25) is 0 Å². The molecule has 0 fully saturated rings. The van der Waals surface area contributed by atoms with Gasteiger partial charge in [-0.1, -0.05) is 6.07 Å². The van der Waals surface area contributed by atoms with Crippen LogP contribution in [-0.4, -0.2) is 12.1 Å². The van der Waals surface area contributed by atoms with Gasteiger partial charge < -0.3 is 10.5 Å². The largest absolute Gasteiger partial charge is 0.496 e. The van der Waals surface area contributed by atoms with Crippen LogP contribution < -0.4 is 10.5 Å². The first-order chi connectivity index (χ1) is 8.22. The van der Waals surface area contributed by atoms with Gasteiger partial charge in [-0.25, -0.2) is 9.37 Å². The highest BCUT2D eigenvalue weighted by Crippen LogP contribution is 2.28. The fraction of sp³-hybridized carbons (Fsp3) is 0.250. The number of rotatable bonds is 4. The molecule has 1 aromatic heterocycles. The Kier molecular flexibility index (Phi) is 3.71. The van der Waals surface area contributed by atoms with Crippen molar-refractivity contribution < 1.29 is 9.13 Å². The Balaban J connectivity index is 2.26. The molecule has 0 bridgehead atoms. The molecule has 2 N–H and O–H groups in total. The van der Waals surface area contributed by atoms with E-state index in [2.05, 4.69) is 4.98 Å². The van der Waals surface area contributed by atoms with Gasteiger partial charge in [-0.05, 0) is 12.1 Å². The van der Waals surface area contributed by atoms with Gasteiger partial charge in [0.25, 0.3) is 0 Å². The number of halogens is 1. The van der Waals surface area contributed by atoms with Crippen molar-refractivity contribution in [2.24, 2.45) is 5.73 Å². The number of hydrogen-bond donors (Lipinski definition) is 1. The number of ether oxygens (including phenoxy) is 1. The van der Waals surface area contributed by atoms with Crippen LogP contribution in [0.3, 0.4) is 0 Å². The summed E-state index contributed by atoms with van der Waals surface area (Å²) in [6.07, 6.45) is 2.22. The van der Waals surface area contributed by atoms with Crippen LogP contribution in [0, 0.1) is 5.82 Å². The van der Waals surface area contributed by atoms with Gasteiger partial charge in [0, 0.05) is 29.6 Å². The SMILES string of the molecule is COc1cccc(F)c1C(N)Cc1nccs1. The van der Waals surface area contributed by atoms with E-state index >= 15 is 0 Å². The number of benzene rings is 1. The molecular formula is C12H13FN2OS. The standard InChI is InChI=1S/C12H13FN2OS/c1-16-10-4-2-3-8(13)12(10)9(14)7-11-15-5-6-17-11/h2-6,9H,7,14H2,1H3. The molecule has 0 radical (unpaired) electrons. The number of nitrogens with two attached hydrogens (primary N) is 1. The lowest BCUT2D eigenvalue weighted by Crippen LogP contribution is -2.16. The van der Waals surface area contributed by atoms with E-state index in [1.807, 2.05) is 5.38 Å². The summed E-state index contributed by atoms with van der Waals surface area (Å²) in [4.78, 5) is 4.14. The molecule has 17 heavy (non-hydrogen) atoms. The van der Waals surface area contributed by atoms with Crippen LogP contribution in [0.4, 0.5) is 4.39 Å². The number of thiazole rings is 1. The fourth-order valence-electron chi connectivity index (χ4n) is 1.70. The maximum absolute atomic E-state index is 13.7. The summed E-state index contributed by atoms with van der Waals surface area (Å²) in [5, 5.41) is 2.77. The van der Waals surface area contributed by atoms with Crippen molar-refractivity contribution in [3.63, 3.8) is 0 Å². The minimum absolute atomic E-state index is 0.339. The topological polar surface area (TPSA) is 48.1 Å². The third-order valence-electron chi connectivity index (χ3n) is 2.48. The second-order valence-corrected chi connectivity index (χ2v) is 4.57. The molecule has 1 heterocycles. The normalized spacial score (nSPS) is 12.4. The zero-order chi connectivity index (χ0) is 12.3. The molecule has 0 amide bonds. The zero-order valence-electron chi connectivity index (χ0n) is 9.39. The van der Waals surface area contributed by atoms with Crippen molar-refractivity contribution in [1.82, 2.24) is 4.98 Å². The highest BCUT2D eigenvalue weighted by Gasteiger charge is 2.18. The van der Waals surface area contributed by atoms with Crippen molar-refractivity contribution in [2.75, 3.05) is 7.11 Å². The minimum Gasteiger partial charge on any atom is -0.496 e. The maximum atomic E-state index is 13.7. The highest BCUT2D eigenvalue weighted by atomic mass is 32.1. The Morgan fingerprint density at radius 1 is 1.53 bits per heavy atom. The van der Waals surface area contributed by atoms with Gasteiger partial charge in [-0.2, -0.15) is 0 Å². The first kappa shape index (κ1) is 12.0. The van der Waals surface area contributed by atoms with Gasteiger partial charge in [0.05, 0.1) is 12.1 Å². The van der Waals surface area contributed by atoms with E-state index < -0.39 is 6.04 Å². The maximum Gasteiger partial charge on any atom is 0.131 e. The summed E-state index contributed by atoms with van der Waals surface area (Å²) in [5.74, 6) is 0.141. The van der Waals surface area contributed by atoms with Crippen LogP contribution in [0.15, 0.2) is 29.8 Å². The molecule has 2 rings (SSSR count). The molecule has 0 saturated carbocycles. The predicted molar refractivity (Wildman–Crippen MR) is 65.7 cm³/mol. The van der Waals surface area contributed by atoms with Crippen molar-refractivity contribution in [1.29, 1.82) is 0 Å². The quantitative estimate of drug-likeness (QED) is 0.909. The van der Waals surface area contributed by atoms with E-state index in [9.17, 15) is 4.39 Å². The van der Waals surface area contributed by atoms with Crippen LogP contribution in [0.5, 0.6) is 5.75 Å². The van der Waals surface area contributed by atoms with Crippen LogP contribution >= 0.6 is 11.3 Å². The third-order valence-corrected chi connectivity index (χ3v) is 3.28. The Hall–Kier alpha value is -1.46. The van der Waals surface area contributed by atoms with E-state index in [0.717, 1.165) is 5.01 Å². The fourth-order valence-corrected chi connectivity index (χ4v) is 2.38. The van der Waals surface area contributed by atoms with Crippen LogP contribution in [0.25, 0.3) is 0 Å². The molecule has 90 valence electrons. The lowest BCUT2D eigenvalue weighted by molar-refractivity contribution is 0.399. The molecule has 0 saturated heterocycles. The third kappa shape index (κ3) is 2.62. The Morgan fingerprint density at radius 3 is 3.00 bits per heavy atom. The van der Waals surface area contributed by atoms with Crippen LogP contribution in [0.2, 0.25) is 0 Å². The second-order valence-electron chi connectivity index (χ2n) is 3.59. The molecule has 1 unspecified atom stereocenters. The van der Waals surface area contributed by atoms with Crippen molar-refractivity contribution in [2.45, 2.75) is 12.5 Å². The Morgan fingerprint density at radius 2 is 2.35 bits per heavy atom. The summed E-state index contributed by atoms with van der Waals surface area (Å²) in [6, 6.07) is 4.25. The highest BCUT2D eigenvalue weighted by molar-refractivity contribution is 7.09. The van der Waals surface area contributed by atoms with Gasteiger partial charge in [-0.15, -0.1) is 11.3 Å². The first-order valence-corrected chi connectivity index (χ1v) is 6.06. The van der Waals surface area contributed by atoms with Crippen LogP contribution in [-0.2, 0) is 6.42 Å². The molecule has 0 spiro atoms. The summed E-state index contributed by atoms with van der Waals surface area (Å²) < 4.78 is 18.9. The zero-order valence-corrected chi connectivity index (χ0v) is 10.2. The molecule has 1 atom stereocenters. The van der Waals surface area contributed by atoms with E-state index in [1.54, 1.807) is 18.3 Å². The van der Waals surface area contributed by atoms with E-state index in [4.69, 9.17) is 10.5 Å². The average Bonchev–Trinajstić information content (AvgIpc) is 2.81. The average molecular weight is 252 g/mol. The minimum atomic E-state index is -0.447. The van der Waals surface area contributed by atoms with Crippen molar-refractivity contribution in [3.8, 4) is 5.75 Å². The number of hydrogen-bond acceptors (Lipinski definition) is 4. The van der Waals surface area contributed by atoms with Crippen LogP contribution in [0.1, 0.15) is 16.6 Å². The van der Waals surface area contributed by atoms with Crippen molar-refractivity contribution >= 4 is 11.3 Å². The molecular weight excluding hydrogens is 239 g/mol. The first-order valence-electron chi connectivity index (χ1n) is 5.18. The van der Waals surface area contributed by atoms with Gasteiger partial charge >= 0.3 is 0 Å². The predicted octanol–water partition coefficient (Wildman–Crippen LogP) is 2.53. The summed E-state index contributed by atoms with van der Waals surface area (Å²) in [5.41, 5.74) is 6.42. The summed E-state index contributed by atoms with van der Waals surface area (Å²) >= 11 is 1.51. The number of nitrogens with zero attached hydrogens (tertiary/aromatic N) is 1. The molecule has 1 aromatic carbocycles. The lowest BCUT2D eigenvalue weighted by Gasteiger charge is -2.15. The molecule has 2 aromatic rings. The monoisotopic (exact) mass is 252 g/mol. The smallest absolute Gasteiger partial charge is 0.131 e. The van der Waals surface area contributed by atoms with E-state index in [-0.39, 0.29) is 5.82 Å². The van der Waals surface area contributed by atoms with Gasteiger partial charge in [0.1, 0.15) is 11.6 Å². The second kappa shape index (κ2) is 5.25. The van der Waals surface area contributed by atoms with Gasteiger partial charge in [0.15, 0.2) is 0 Å². The van der Waals surface area contributed by atoms with Crippen molar-refractivity contribution in [3.05, 3.63) is 46.2 Å². The Labute approximate surface area is 103 Å². The molecule has 0 aliphatic carbocycles. The summed E-state index contributed by atoms with van der Waals surface area (Å²) in [6.45, 7) is 0. The molecule has 0 aliphatic rings. The van der Waals surface area contributed by atoms with E-state index in [1.165, 1.54) is 24.5 Å². The van der Waals surface area contributed by atoms with Gasteiger partial charge in [0.2, 0.25) is 0 Å². The van der Waals surface area contributed by atoms with E-state index in [0.29, 0.717) is 17.7 Å².